The second-order valence-corrected chi connectivity index (χ2v) is 2.24. The van der Waals surface area contributed by atoms with Gasteiger partial charge in [0.05, 0.1) is 6.61 Å². The Morgan fingerprint density at radius 3 is 2.33 bits per heavy atom. The van der Waals surface area contributed by atoms with Gasteiger partial charge in [-0.25, -0.2) is 0 Å². The average Bonchev–Trinajstić information content (AvgIpc) is 1.64. The van der Waals surface area contributed by atoms with Crippen molar-refractivity contribution in [2.75, 3.05) is 0 Å². The summed E-state index contributed by atoms with van der Waals surface area (Å²) in [5, 5.41) is 0. The standard InChI is InChI=1S/C8H13O/c1-5-7-8(3,4)9-6-2/h6H,1-4H3. The highest BCUT2D eigenvalue weighted by Gasteiger charge is 2.11. The largest absolute Gasteiger partial charge is 0.357 e. The second kappa shape index (κ2) is 3.53. The summed E-state index contributed by atoms with van der Waals surface area (Å²) in [5.41, 5.74) is -0.316. The molecule has 0 aromatic heterocycles. The predicted octanol–water partition coefficient (Wildman–Crippen LogP) is 1.99. The van der Waals surface area contributed by atoms with Gasteiger partial charge in [0.2, 0.25) is 0 Å². The SMILES string of the molecule is CC#CC(C)(C)O[CH]C. The van der Waals surface area contributed by atoms with Crippen LogP contribution in [0, 0.1) is 18.4 Å². The molecule has 0 amide bonds. The van der Waals surface area contributed by atoms with Crippen molar-refractivity contribution in [1.29, 1.82) is 0 Å². The van der Waals surface area contributed by atoms with Crippen LogP contribution in [0.4, 0.5) is 0 Å². The van der Waals surface area contributed by atoms with Gasteiger partial charge in [0.25, 0.3) is 0 Å². The highest BCUT2D eigenvalue weighted by molar-refractivity contribution is 5.09. The van der Waals surface area contributed by atoms with E-state index in [-0.39, 0.29) is 5.60 Å². The lowest BCUT2D eigenvalue weighted by atomic mass is 10.1. The van der Waals surface area contributed by atoms with E-state index in [4.69, 9.17) is 4.74 Å². The van der Waals surface area contributed by atoms with Crippen molar-refractivity contribution in [1.82, 2.24) is 0 Å². The number of rotatable bonds is 2. The van der Waals surface area contributed by atoms with E-state index in [1.807, 2.05) is 20.8 Å². The maximum atomic E-state index is 5.17. The highest BCUT2D eigenvalue weighted by Crippen LogP contribution is 2.07. The molecule has 0 spiro atoms. The van der Waals surface area contributed by atoms with Gasteiger partial charge in [-0.15, -0.1) is 5.92 Å². The zero-order valence-corrected chi connectivity index (χ0v) is 6.49. The van der Waals surface area contributed by atoms with Gasteiger partial charge >= 0.3 is 0 Å². The van der Waals surface area contributed by atoms with Gasteiger partial charge in [-0.05, 0) is 27.7 Å². The summed E-state index contributed by atoms with van der Waals surface area (Å²) in [6.45, 7) is 9.18. The Balaban J connectivity index is 3.80. The lowest BCUT2D eigenvalue weighted by Gasteiger charge is -2.16. The third-order valence-electron chi connectivity index (χ3n) is 0.839. The van der Waals surface area contributed by atoms with Crippen molar-refractivity contribution in [3.63, 3.8) is 0 Å². The Labute approximate surface area is 57.4 Å². The summed E-state index contributed by atoms with van der Waals surface area (Å²) in [4.78, 5) is 0. The van der Waals surface area contributed by atoms with Crippen LogP contribution in [0.5, 0.6) is 0 Å². The minimum absolute atomic E-state index is 0.316. The Kier molecular flexibility index (Phi) is 3.34. The molecule has 0 saturated heterocycles. The fourth-order valence-corrected chi connectivity index (χ4v) is 0.625. The van der Waals surface area contributed by atoms with Gasteiger partial charge in [-0.2, -0.15) is 0 Å². The number of ether oxygens (including phenoxy) is 1. The lowest BCUT2D eigenvalue weighted by Crippen LogP contribution is -2.19. The molecule has 0 aliphatic heterocycles. The molecule has 51 valence electrons. The van der Waals surface area contributed by atoms with Crippen molar-refractivity contribution in [3.8, 4) is 11.8 Å². The van der Waals surface area contributed by atoms with Crippen molar-refractivity contribution in [2.24, 2.45) is 0 Å². The maximum Gasteiger partial charge on any atom is 0.123 e. The molecule has 0 fully saturated rings. The van der Waals surface area contributed by atoms with E-state index in [0.717, 1.165) is 0 Å². The molecule has 0 unspecified atom stereocenters. The minimum atomic E-state index is -0.316. The van der Waals surface area contributed by atoms with Crippen LogP contribution < -0.4 is 0 Å². The molecule has 1 heteroatoms. The maximum absolute atomic E-state index is 5.17. The Bertz CT molecular complexity index is 125. The Morgan fingerprint density at radius 2 is 2.00 bits per heavy atom. The molecule has 0 N–H and O–H groups in total. The molecule has 0 heterocycles. The van der Waals surface area contributed by atoms with Crippen LogP contribution in [0.3, 0.4) is 0 Å². The van der Waals surface area contributed by atoms with Crippen LogP contribution >= 0.6 is 0 Å². The molecular weight excluding hydrogens is 112 g/mol. The van der Waals surface area contributed by atoms with E-state index in [0.29, 0.717) is 0 Å². The summed E-state index contributed by atoms with van der Waals surface area (Å²) < 4.78 is 5.17. The van der Waals surface area contributed by atoms with E-state index in [9.17, 15) is 0 Å². The van der Waals surface area contributed by atoms with Crippen LogP contribution in [0.1, 0.15) is 27.7 Å². The zero-order valence-electron chi connectivity index (χ0n) is 6.49. The molecule has 0 rings (SSSR count). The lowest BCUT2D eigenvalue weighted by molar-refractivity contribution is 0.0804. The molecule has 0 aliphatic rings. The smallest absolute Gasteiger partial charge is 0.123 e. The summed E-state index contributed by atoms with van der Waals surface area (Å²) >= 11 is 0. The van der Waals surface area contributed by atoms with Crippen LogP contribution in [-0.4, -0.2) is 5.60 Å². The molecule has 1 nitrogen and oxygen atoms in total. The first-order chi connectivity index (χ1) is 4.12. The van der Waals surface area contributed by atoms with E-state index in [1.165, 1.54) is 0 Å². The molecule has 0 atom stereocenters. The fourth-order valence-electron chi connectivity index (χ4n) is 0.625. The van der Waals surface area contributed by atoms with Crippen LogP contribution in [0.2, 0.25) is 0 Å². The van der Waals surface area contributed by atoms with Crippen LogP contribution in [0.25, 0.3) is 0 Å². The van der Waals surface area contributed by atoms with Crippen molar-refractivity contribution < 1.29 is 4.74 Å². The average molecular weight is 125 g/mol. The van der Waals surface area contributed by atoms with Gasteiger partial charge in [0, 0.05) is 0 Å². The summed E-state index contributed by atoms with van der Waals surface area (Å²) in [6, 6.07) is 0. The zero-order chi connectivity index (χ0) is 7.33. The molecule has 0 saturated carbocycles. The Morgan fingerprint density at radius 1 is 1.44 bits per heavy atom. The molecule has 0 aliphatic carbocycles. The van der Waals surface area contributed by atoms with Crippen molar-refractivity contribution in [3.05, 3.63) is 6.61 Å². The first kappa shape index (κ1) is 8.52. The number of hydrogen-bond donors (Lipinski definition) is 0. The molecule has 0 bridgehead atoms. The van der Waals surface area contributed by atoms with Gasteiger partial charge in [-0.1, -0.05) is 5.92 Å². The monoisotopic (exact) mass is 125 g/mol. The summed E-state index contributed by atoms with van der Waals surface area (Å²) in [7, 11) is 0. The van der Waals surface area contributed by atoms with E-state index in [1.54, 1.807) is 13.5 Å². The third kappa shape index (κ3) is 4.05. The second-order valence-electron chi connectivity index (χ2n) is 2.24. The highest BCUT2D eigenvalue weighted by atomic mass is 16.5. The normalized spacial score (nSPS) is 10.2. The summed E-state index contributed by atoms with van der Waals surface area (Å²) in [5.74, 6) is 5.72. The van der Waals surface area contributed by atoms with Crippen LogP contribution in [0.15, 0.2) is 0 Å². The third-order valence-corrected chi connectivity index (χ3v) is 0.839. The first-order valence-electron chi connectivity index (χ1n) is 3.02. The molecule has 1 radical (unpaired) electrons. The van der Waals surface area contributed by atoms with Crippen molar-refractivity contribution >= 4 is 0 Å². The van der Waals surface area contributed by atoms with E-state index < -0.39 is 0 Å². The molecule has 0 aromatic carbocycles. The number of hydrogen-bond acceptors (Lipinski definition) is 1. The Hall–Kier alpha value is -0.480. The molecule has 0 aromatic rings. The van der Waals surface area contributed by atoms with Gasteiger partial charge in [0.1, 0.15) is 5.60 Å². The van der Waals surface area contributed by atoms with Gasteiger partial charge in [0.15, 0.2) is 0 Å². The van der Waals surface area contributed by atoms with E-state index in [2.05, 4.69) is 11.8 Å². The molecular formula is C8H13O. The summed E-state index contributed by atoms with van der Waals surface area (Å²) in [6.07, 6.45) is 0. The van der Waals surface area contributed by atoms with E-state index >= 15 is 0 Å². The quantitative estimate of drug-likeness (QED) is 0.513. The topological polar surface area (TPSA) is 9.23 Å². The first-order valence-corrected chi connectivity index (χ1v) is 3.02. The van der Waals surface area contributed by atoms with Gasteiger partial charge in [-0.3, -0.25) is 0 Å². The van der Waals surface area contributed by atoms with Crippen molar-refractivity contribution in [2.45, 2.75) is 33.3 Å². The van der Waals surface area contributed by atoms with Gasteiger partial charge < -0.3 is 4.74 Å². The van der Waals surface area contributed by atoms with Crippen LogP contribution in [-0.2, 0) is 4.74 Å². The minimum Gasteiger partial charge on any atom is -0.357 e. The molecule has 9 heavy (non-hydrogen) atoms. The predicted molar refractivity (Wildman–Crippen MR) is 38.6 cm³/mol. The fraction of sp³-hybridized carbons (Fsp3) is 0.625.